The van der Waals surface area contributed by atoms with E-state index >= 15 is 0 Å². The van der Waals surface area contributed by atoms with Gasteiger partial charge < -0.3 is 4.98 Å². The van der Waals surface area contributed by atoms with Crippen LogP contribution in [0.5, 0.6) is 0 Å². The Kier molecular flexibility index (Phi) is 8.00. The van der Waals surface area contributed by atoms with Crippen LogP contribution in [-0.2, 0) is 20.1 Å². The SMILES string of the molecule is Cc1ccnc(-c2[c-]ccc(-c3ccccc3)c2)n1.Cc1cnc2c(ccc3ccc[c-]c32)c1C.[Ir]. The largest absolute Gasteiger partial charge is 0.304 e. The number of pyridine rings is 1. The van der Waals surface area contributed by atoms with Crippen molar-refractivity contribution in [2.45, 2.75) is 20.8 Å². The second kappa shape index (κ2) is 11.3. The maximum Gasteiger partial charge on any atom is 0.0751 e. The fourth-order valence-corrected chi connectivity index (χ4v) is 4.07. The molecule has 0 aliphatic carbocycles. The first-order valence-electron chi connectivity index (χ1n) is 11.6. The molecule has 0 amide bonds. The zero-order valence-electron chi connectivity index (χ0n) is 20.4. The number of hydrogen-bond donors (Lipinski definition) is 0. The fraction of sp³-hybridized carbons (Fsp3) is 0.0938. The summed E-state index contributed by atoms with van der Waals surface area (Å²) in [6, 6.07) is 35.0. The number of nitrogens with zero attached hydrogens (tertiary/aromatic N) is 3. The molecule has 6 aromatic rings. The van der Waals surface area contributed by atoms with Gasteiger partial charge in [0.05, 0.1) is 5.82 Å². The average Bonchev–Trinajstić information content (AvgIpc) is 2.91. The van der Waals surface area contributed by atoms with Gasteiger partial charge in [0.1, 0.15) is 0 Å². The van der Waals surface area contributed by atoms with E-state index in [1.54, 1.807) is 6.20 Å². The summed E-state index contributed by atoms with van der Waals surface area (Å²) in [5.41, 5.74) is 7.83. The van der Waals surface area contributed by atoms with Gasteiger partial charge in [-0.15, -0.1) is 70.4 Å². The van der Waals surface area contributed by atoms with Crippen LogP contribution in [0.4, 0.5) is 0 Å². The molecule has 0 saturated carbocycles. The van der Waals surface area contributed by atoms with Gasteiger partial charge in [0.25, 0.3) is 0 Å². The van der Waals surface area contributed by atoms with E-state index in [0.717, 1.165) is 33.5 Å². The van der Waals surface area contributed by atoms with Crippen molar-refractivity contribution in [3.8, 4) is 22.5 Å². The summed E-state index contributed by atoms with van der Waals surface area (Å²) in [6.45, 7) is 6.21. The number of hydrogen-bond acceptors (Lipinski definition) is 3. The molecule has 0 spiro atoms. The van der Waals surface area contributed by atoms with Gasteiger partial charge in [0.15, 0.2) is 0 Å². The monoisotopic (exact) mass is 644 g/mol. The quantitative estimate of drug-likeness (QED) is 0.143. The Balaban J connectivity index is 0.000000167. The van der Waals surface area contributed by atoms with Gasteiger partial charge in [-0.1, -0.05) is 42.5 Å². The number of aromatic nitrogens is 3. The van der Waals surface area contributed by atoms with Crippen molar-refractivity contribution in [1.82, 2.24) is 15.0 Å². The third-order valence-corrected chi connectivity index (χ3v) is 6.14. The average molecular weight is 644 g/mol. The third-order valence-electron chi connectivity index (χ3n) is 6.14. The molecule has 4 aromatic carbocycles. The van der Waals surface area contributed by atoms with E-state index in [1.165, 1.54) is 27.5 Å². The van der Waals surface area contributed by atoms with E-state index in [-0.39, 0.29) is 20.1 Å². The minimum absolute atomic E-state index is 0. The molecule has 3 nitrogen and oxygen atoms in total. The summed E-state index contributed by atoms with van der Waals surface area (Å²) in [6.07, 6.45) is 3.72. The van der Waals surface area contributed by atoms with Crippen LogP contribution in [0.15, 0.2) is 97.3 Å². The number of aryl methyl sites for hydroxylation is 3. The first-order chi connectivity index (χ1) is 17.1. The van der Waals surface area contributed by atoms with Gasteiger partial charge in [-0.2, -0.15) is 0 Å². The fourth-order valence-electron chi connectivity index (χ4n) is 4.07. The van der Waals surface area contributed by atoms with Crippen LogP contribution in [0.2, 0.25) is 0 Å². The molecule has 0 saturated heterocycles. The molecule has 36 heavy (non-hydrogen) atoms. The van der Waals surface area contributed by atoms with Crippen molar-refractivity contribution in [3.63, 3.8) is 0 Å². The second-order valence-corrected chi connectivity index (χ2v) is 8.54. The van der Waals surface area contributed by atoms with Crippen LogP contribution in [0.1, 0.15) is 16.8 Å². The van der Waals surface area contributed by atoms with Crippen LogP contribution in [0, 0.1) is 32.9 Å². The van der Waals surface area contributed by atoms with Crippen molar-refractivity contribution in [2.24, 2.45) is 0 Å². The summed E-state index contributed by atoms with van der Waals surface area (Å²) in [7, 11) is 0. The Morgan fingerprint density at radius 3 is 2.36 bits per heavy atom. The van der Waals surface area contributed by atoms with Crippen LogP contribution < -0.4 is 0 Å². The van der Waals surface area contributed by atoms with Gasteiger partial charge in [0, 0.05) is 38.2 Å². The van der Waals surface area contributed by atoms with E-state index in [0.29, 0.717) is 0 Å². The van der Waals surface area contributed by atoms with E-state index in [2.05, 4.69) is 83.4 Å². The van der Waals surface area contributed by atoms with Crippen LogP contribution in [-0.4, -0.2) is 15.0 Å². The minimum Gasteiger partial charge on any atom is -0.304 e. The third kappa shape index (κ3) is 5.41. The Bertz CT molecular complexity index is 1630. The summed E-state index contributed by atoms with van der Waals surface area (Å²) in [5.74, 6) is 0.720. The Hall–Kier alpha value is -3.72. The van der Waals surface area contributed by atoms with E-state index in [1.807, 2.05) is 55.6 Å². The number of rotatable bonds is 2. The zero-order chi connectivity index (χ0) is 24.2. The first-order valence-corrected chi connectivity index (χ1v) is 11.6. The van der Waals surface area contributed by atoms with Crippen molar-refractivity contribution in [3.05, 3.63) is 126 Å². The Morgan fingerprint density at radius 1 is 0.722 bits per heavy atom. The summed E-state index contributed by atoms with van der Waals surface area (Å²) in [5, 5.41) is 3.55. The molecule has 179 valence electrons. The van der Waals surface area contributed by atoms with E-state index in [9.17, 15) is 0 Å². The van der Waals surface area contributed by atoms with Gasteiger partial charge in [-0.3, -0.25) is 9.97 Å². The van der Waals surface area contributed by atoms with Crippen molar-refractivity contribution in [2.75, 3.05) is 0 Å². The molecule has 2 aromatic heterocycles. The predicted octanol–water partition coefficient (Wildman–Crippen LogP) is 7.72. The molecule has 0 bridgehead atoms. The van der Waals surface area contributed by atoms with Crippen molar-refractivity contribution < 1.29 is 20.1 Å². The molecule has 0 aliphatic rings. The summed E-state index contributed by atoms with van der Waals surface area (Å²) in [4.78, 5) is 13.3. The molecular weight excluding hydrogens is 619 g/mol. The Morgan fingerprint density at radius 2 is 1.56 bits per heavy atom. The topological polar surface area (TPSA) is 38.7 Å². The normalized spacial score (nSPS) is 10.4. The summed E-state index contributed by atoms with van der Waals surface area (Å²) < 4.78 is 0. The Labute approximate surface area is 225 Å². The van der Waals surface area contributed by atoms with Gasteiger partial charge in [-0.05, 0) is 54.4 Å². The predicted molar refractivity (Wildman–Crippen MR) is 144 cm³/mol. The van der Waals surface area contributed by atoms with E-state index < -0.39 is 0 Å². The first kappa shape index (κ1) is 25.4. The standard InChI is InChI=1S/C17H13N2.C15H12N.Ir/c1-13-10-11-18-17(19-13)16-9-5-8-15(12-16)14-6-3-2-4-7-14;1-10-9-16-15-13(11(10)2)8-7-12-5-3-4-6-14(12)15;/h2-8,10-12H,1H3;3-5,7-9H,1-2H3;/q2*-1;. The molecule has 0 unspecified atom stereocenters. The van der Waals surface area contributed by atoms with Crippen molar-refractivity contribution >= 4 is 21.7 Å². The van der Waals surface area contributed by atoms with Crippen molar-refractivity contribution in [1.29, 1.82) is 0 Å². The minimum atomic E-state index is 0. The number of fused-ring (bicyclic) bond motifs is 3. The smallest absolute Gasteiger partial charge is 0.0751 e. The maximum absolute atomic E-state index is 4.54. The molecule has 0 N–H and O–H groups in total. The molecule has 0 aliphatic heterocycles. The molecule has 1 radical (unpaired) electrons. The molecule has 6 rings (SSSR count). The summed E-state index contributed by atoms with van der Waals surface area (Å²) >= 11 is 0. The van der Waals surface area contributed by atoms with Gasteiger partial charge in [-0.25, -0.2) is 0 Å². The van der Waals surface area contributed by atoms with Crippen LogP contribution >= 0.6 is 0 Å². The molecule has 2 heterocycles. The molecule has 0 fully saturated rings. The van der Waals surface area contributed by atoms with Gasteiger partial charge in [0.2, 0.25) is 0 Å². The number of benzene rings is 4. The molecular formula is C32H25IrN3-2. The maximum atomic E-state index is 4.54. The van der Waals surface area contributed by atoms with Crippen LogP contribution in [0.25, 0.3) is 44.2 Å². The second-order valence-electron chi connectivity index (χ2n) is 8.54. The van der Waals surface area contributed by atoms with E-state index in [4.69, 9.17) is 0 Å². The van der Waals surface area contributed by atoms with Crippen LogP contribution in [0.3, 0.4) is 0 Å². The molecule has 0 atom stereocenters. The zero-order valence-corrected chi connectivity index (χ0v) is 22.8. The van der Waals surface area contributed by atoms with Gasteiger partial charge >= 0.3 is 0 Å². The molecule has 4 heteroatoms.